The molecule has 0 spiro atoms. The van der Waals surface area contributed by atoms with Gasteiger partial charge in [-0.15, -0.1) is 0 Å². The molecule has 4 rings (SSSR count). The number of fused-ring (bicyclic) bond motifs is 1. The highest BCUT2D eigenvalue weighted by Gasteiger charge is 2.19. The summed E-state index contributed by atoms with van der Waals surface area (Å²) in [7, 11) is 4.03. The number of halogens is 1. The summed E-state index contributed by atoms with van der Waals surface area (Å²) >= 11 is 0. The van der Waals surface area contributed by atoms with Crippen molar-refractivity contribution in [2.75, 3.05) is 20.7 Å². The summed E-state index contributed by atoms with van der Waals surface area (Å²) in [5.74, 6) is -0.729. The highest BCUT2D eigenvalue weighted by molar-refractivity contribution is 6.21. The summed E-state index contributed by atoms with van der Waals surface area (Å²) in [5.41, 5.74) is 5.12. The number of hydrogen-bond donors (Lipinski definition) is 2. The van der Waals surface area contributed by atoms with Crippen LogP contribution in [0.2, 0.25) is 0 Å². The van der Waals surface area contributed by atoms with E-state index in [1.54, 1.807) is 13.0 Å². The molecule has 0 saturated heterocycles. The molecule has 1 aromatic heterocycles. The van der Waals surface area contributed by atoms with Crippen LogP contribution < -0.4 is 0 Å². The zero-order valence-electron chi connectivity index (χ0n) is 20.7. The third kappa shape index (κ3) is 5.98. The van der Waals surface area contributed by atoms with Crippen molar-refractivity contribution >= 4 is 28.3 Å². The number of H-pyrrole nitrogens is 1. The molecule has 6 nitrogen and oxygen atoms in total. The van der Waals surface area contributed by atoms with Crippen LogP contribution in [0.25, 0.3) is 10.9 Å². The van der Waals surface area contributed by atoms with Crippen LogP contribution in [0, 0.1) is 5.82 Å². The van der Waals surface area contributed by atoms with Crippen LogP contribution in [0.4, 0.5) is 10.1 Å². The number of aromatic amines is 1. The second-order valence-electron chi connectivity index (χ2n) is 8.91. The minimum Gasteiger partial charge on any atom is -0.494 e. The van der Waals surface area contributed by atoms with Gasteiger partial charge in [0.2, 0.25) is 0 Å². The summed E-state index contributed by atoms with van der Waals surface area (Å²) in [5, 5.41) is 11.5. The topological polar surface area (TPSA) is 77.9 Å². The lowest BCUT2D eigenvalue weighted by Gasteiger charge is -2.11. The number of hydrogen-bond acceptors (Lipinski definition) is 5. The largest absolute Gasteiger partial charge is 0.494 e. The number of aliphatic imine (C=N–C) groups is 1. The van der Waals surface area contributed by atoms with Crippen LogP contribution in [-0.2, 0) is 22.5 Å². The molecule has 186 valence electrons. The minimum absolute atomic E-state index is 0.0875. The molecule has 0 unspecified atom stereocenters. The molecule has 0 atom stereocenters. The Labute approximate surface area is 210 Å². The molecule has 36 heavy (non-hydrogen) atoms. The van der Waals surface area contributed by atoms with Gasteiger partial charge in [-0.25, -0.2) is 9.38 Å². The van der Waals surface area contributed by atoms with Crippen molar-refractivity contribution in [1.82, 2.24) is 9.88 Å². The number of esters is 1. The van der Waals surface area contributed by atoms with Crippen LogP contribution in [0.3, 0.4) is 0 Å². The van der Waals surface area contributed by atoms with Gasteiger partial charge in [-0.3, -0.25) is 4.79 Å². The van der Waals surface area contributed by atoms with Crippen LogP contribution in [-0.4, -0.2) is 47.4 Å². The van der Waals surface area contributed by atoms with Gasteiger partial charge in [-0.05, 0) is 75.0 Å². The number of aryl methyl sites for hydroxylation is 1. The van der Waals surface area contributed by atoms with Gasteiger partial charge in [-0.1, -0.05) is 30.3 Å². The quantitative estimate of drug-likeness (QED) is 0.233. The summed E-state index contributed by atoms with van der Waals surface area (Å²) in [4.78, 5) is 21.8. The zero-order chi connectivity index (χ0) is 25.7. The summed E-state index contributed by atoms with van der Waals surface area (Å²) in [6.45, 7) is 2.95. The van der Waals surface area contributed by atoms with Gasteiger partial charge in [0.15, 0.2) is 5.88 Å². The van der Waals surface area contributed by atoms with Gasteiger partial charge in [0.05, 0.1) is 29.1 Å². The van der Waals surface area contributed by atoms with Crippen molar-refractivity contribution in [2.24, 2.45) is 4.99 Å². The van der Waals surface area contributed by atoms with Crippen LogP contribution in [0.1, 0.15) is 35.6 Å². The number of nitrogens with zero attached hydrogens (tertiary/aromatic N) is 2. The van der Waals surface area contributed by atoms with E-state index >= 15 is 0 Å². The highest BCUT2D eigenvalue weighted by atomic mass is 19.1. The van der Waals surface area contributed by atoms with E-state index in [1.807, 2.05) is 62.6 Å². The van der Waals surface area contributed by atoms with Crippen molar-refractivity contribution in [3.63, 3.8) is 0 Å². The molecule has 0 aliphatic rings. The maximum Gasteiger partial charge on any atom is 0.306 e. The van der Waals surface area contributed by atoms with Gasteiger partial charge in [0, 0.05) is 23.9 Å². The first-order valence-corrected chi connectivity index (χ1v) is 11.9. The molecule has 0 fully saturated rings. The first-order valence-electron chi connectivity index (χ1n) is 11.9. The number of aromatic hydroxyl groups is 1. The normalized spacial score (nSPS) is 11.9. The average molecular weight is 488 g/mol. The molecule has 3 aromatic carbocycles. The second-order valence-corrected chi connectivity index (χ2v) is 8.91. The molecule has 2 N–H and O–H groups in total. The second kappa shape index (κ2) is 11.2. The fourth-order valence-corrected chi connectivity index (χ4v) is 4.18. The van der Waals surface area contributed by atoms with E-state index in [9.17, 15) is 14.3 Å². The van der Waals surface area contributed by atoms with E-state index < -0.39 is 5.82 Å². The molecular weight excluding hydrogens is 457 g/mol. The van der Waals surface area contributed by atoms with Crippen molar-refractivity contribution in [1.29, 1.82) is 0 Å². The predicted octanol–water partition coefficient (Wildman–Crippen LogP) is 5.74. The number of rotatable bonds is 9. The van der Waals surface area contributed by atoms with Crippen molar-refractivity contribution < 1.29 is 19.0 Å². The van der Waals surface area contributed by atoms with Crippen molar-refractivity contribution in [3.8, 4) is 5.88 Å². The predicted molar refractivity (Wildman–Crippen MR) is 140 cm³/mol. The Balaban J connectivity index is 1.79. The Morgan fingerprint density at radius 2 is 1.83 bits per heavy atom. The summed E-state index contributed by atoms with van der Waals surface area (Å²) < 4.78 is 18.9. The molecule has 0 aliphatic heterocycles. The SMILES string of the molecule is CCOC(=O)CCc1cccc(C(=Nc2ccc(CN(C)C)cc2)c2c(O)[nH]c3cc(F)ccc23)c1. The van der Waals surface area contributed by atoms with E-state index in [1.165, 1.54) is 12.1 Å². The third-order valence-corrected chi connectivity index (χ3v) is 5.78. The lowest BCUT2D eigenvalue weighted by atomic mass is 9.97. The molecule has 0 aliphatic carbocycles. The number of aromatic nitrogens is 1. The Morgan fingerprint density at radius 1 is 1.06 bits per heavy atom. The first-order chi connectivity index (χ1) is 17.3. The minimum atomic E-state index is -0.397. The Kier molecular flexibility index (Phi) is 7.80. The molecule has 0 bridgehead atoms. The van der Waals surface area contributed by atoms with E-state index in [-0.39, 0.29) is 18.3 Å². The van der Waals surface area contributed by atoms with Crippen LogP contribution >= 0.6 is 0 Å². The maximum atomic E-state index is 13.9. The van der Waals surface area contributed by atoms with Gasteiger partial charge in [0.25, 0.3) is 0 Å². The third-order valence-electron chi connectivity index (χ3n) is 5.78. The molecule has 0 radical (unpaired) electrons. The van der Waals surface area contributed by atoms with Crippen LogP contribution in [0.5, 0.6) is 5.88 Å². The van der Waals surface area contributed by atoms with Gasteiger partial charge in [0.1, 0.15) is 5.82 Å². The lowest BCUT2D eigenvalue weighted by molar-refractivity contribution is -0.143. The van der Waals surface area contributed by atoms with Gasteiger partial charge in [-0.2, -0.15) is 0 Å². The van der Waals surface area contributed by atoms with Crippen molar-refractivity contribution in [3.05, 3.63) is 94.8 Å². The smallest absolute Gasteiger partial charge is 0.306 e. The number of carbonyl (C=O) groups excluding carboxylic acids is 1. The fourth-order valence-electron chi connectivity index (χ4n) is 4.18. The number of nitrogens with one attached hydrogen (secondary N) is 1. The Bertz CT molecular complexity index is 1390. The number of ether oxygens (including phenoxy) is 1. The molecule has 0 amide bonds. The molecule has 1 heterocycles. The van der Waals surface area contributed by atoms with E-state index in [2.05, 4.69) is 9.88 Å². The van der Waals surface area contributed by atoms with Crippen molar-refractivity contribution in [2.45, 2.75) is 26.3 Å². The number of benzene rings is 3. The average Bonchev–Trinajstić information content (AvgIpc) is 3.16. The Hall–Kier alpha value is -3.97. The highest BCUT2D eigenvalue weighted by Crippen LogP contribution is 2.32. The van der Waals surface area contributed by atoms with Crippen LogP contribution in [0.15, 0.2) is 71.7 Å². The molecule has 0 saturated carbocycles. The number of carbonyl (C=O) groups is 1. The maximum absolute atomic E-state index is 13.9. The summed E-state index contributed by atoms with van der Waals surface area (Å²) in [6.07, 6.45) is 0.791. The first kappa shape index (κ1) is 25.1. The van der Waals surface area contributed by atoms with E-state index in [0.29, 0.717) is 35.2 Å². The fraction of sp³-hybridized carbons (Fsp3) is 0.241. The van der Waals surface area contributed by atoms with E-state index in [0.717, 1.165) is 28.9 Å². The van der Waals surface area contributed by atoms with E-state index in [4.69, 9.17) is 9.73 Å². The summed E-state index contributed by atoms with van der Waals surface area (Å²) in [6, 6.07) is 20.0. The van der Waals surface area contributed by atoms with Gasteiger partial charge >= 0.3 is 5.97 Å². The molecule has 4 aromatic rings. The van der Waals surface area contributed by atoms with Gasteiger partial charge < -0.3 is 19.7 Å². The lowest BCUT2D eigenvalue weighted by Crippen LogP contribution is -2.10. The Morgan fingerprint density at radius 3 is 2.56 bits per heavy atom. The molecule has 7 heteroatoms. The zero-order valence-corrected chi connectivity index (χ0v) is 20.7. The molecular formula is C29H30FN3O3. The monoisotopic (exact) mass is 487 g/mol. The standard InChI is InChI=1S/C29H30FN3O3/c1-4-36-26(34)15-10-19-6-5-7-21(16-19)28(31-23-12-8-20(9-13-23)18-33(2)3)27-24-14-11-22(30)17-25(24)32-29(27)35/h5-9,11-14,16-17,32,35H,4,10,15,18H2,1-3H3.